The number of hydrogen-bond donors (Lipinski definition) is 3. The average molecular weight is 342 g/mol. The van der Waals surface area contributed by atoms with Crippen LogP contribution in [-0.2, 0) is 6.18 Å². The fraction of sp³-hybridized carbons (Fsp3) is 0.533. The van der Waals surface area contributed by atoms with Crippen molar-refractivity contribution in [2.24, 2.45) is 0 Å². The molecule has 0 unspecified atom stereocenters. The first-order chi connectivity index (χ1) is 11.3. The average Bonchev–Trinajstić information content (AvgIpc) is 3.10. The van der Waals surface area contributed by atoms with Gasteiger partial charge in [-0.25, -0.2) is 4.98 Å². The number of aromatic amines is 1. The Hall–Kier alpha value is -2.32. The van der Waals surface area contributed by atoms with Crippen molar-refractivity contribution in [3.8, 4) is 0 Å². The molecule has 0 saturated heterocycles. The number of nitrogens with zero attached hydrogens (tertiary/aromatic N) is 3. The molecule has 9 heteroatoms. The van der Waals surface area contributed by atoms with Gasteiger partial charge in [0.05, 0.1) is 17.6 Å². The van der Waals surface area contributed by atoms with Crippen LogP contribution in [0.2, 0.25) is 0 Å². The summed E-state index contributed by atoms with van der Waals surface area (Å²) in [6, 6.07) is 0. The van der Waals surface area contributed by atoms with Crippen LogP contribution in [0.15, 0.2) is 12.4 Å². The van der Waals surface area contributed by atoms with Crippen molar-refractivity contribution in [2.45, 2.75) is 52.3 Å². The molecule has 1 saturated carbocycles. The minimum atomic E-state index is -4.50. The van der Waals surface area contributed by atoms with Gasteiger partial charge in [-0.3, -0.25) is 5.10 Å². The number of anilines is 3. The Morgan fingerprint density at radius 1 is 1.21 bits per heavy atom. The molecule has 3 N–H and O–H groups in total. The predicted octanol–water partition coefficient (Wildman–Crippen LogP) is 4.26. The summed E-state index contributed by atoms with van der Waals surface area (Å²) in [5.74, 6) is -0.115. The van der Waals surface area contributed by atoms with Crippen molar-refractivity contribution >= 4 is 17.5 Å². The van der Waals surface area contributed by atoms with E-state index in [4.69, 9.17) is 0 Å². The van der Waals surface area contributed by atoms with Crippen molar-refractivity contribution in [1.82, 2.24) is 20.2 Å². The van der Waals surface area contributed by atoms with E-state index < -0.39 is 11.7 Å². The highest BCUT2D eigenvalue weighted by Crippen LogP contribution is 2.41. The predicted molar refractivity (Wildman–Crippen MR) is 86.3 cm³/mol. The van der Waals surface area contributed by atoms with Gasteiger partial charge in [0.1, 0.15) is 11.4 Å². The molecule has 0 bridgehead atoms. The lowest BCUT2D eigenvalue weighted by atomic mass is 10.2. The van der Waals surface area contributed by atoms with Gasteiger partial charge in [0.15, 0.2) is 0 Å². The second-order valence-electron chi connectivity index (χ2n) is 5.67. The smallest absolute Gasteiger partial charge is 0.364 e. The monoisotopic (exact) mass is 342 g/mol. The Kier molecular flexibility index (Phi) is 5.00. The number of rotatable bonds is 4. The molecule has 0 aliphatic heterocycles. The maximum atomic E-state index is 13.1. The van der Waals surface area contributed by atoms with E-state index in [1.165, 1.54) is 6.20 Å². The Balaban J connectivity index is 0.00000100. The lowest BCUT2D eigenvalue weighted by Crippen LogP contribution is -2.21. The zero-order chi connectivity index (χ0) is 18.0. The van der Waals surface area contributed by atoms with Gasteiger partial charge in [0.25, 0.3) is 0 Å². The number of aromatic nitrogens is 4. The normalized spacial score (nSPS) is 15.3. The quantitative estimate of drug-likeness (QED) is 0.774. The third kappa shape index (κ3) is 4.15. The SMILES string of the molecule is CC.Cc1[nH]ncc1Nc1ncc(C(F)(F)F)c(NC2(C)CC2)n1. The van der Waals surface area contributed by atoms with E-state index in [1.54, 1.807) is 6.92 Å². The summed E-state index contributed by atoms with van der Waals surface area (Å²) in [5, 5.41) is 12.3. The Morgan fingerprint density at radius 3 is 2.38 bits per heavy atom. The molecule has 3 rings (SSSR count). The van der Waals surface area contributed by atoms with Crippen molar-refractivity contribution in [2.75, 3.05) is 10.6 Å². The number of nitrogens with one attached hydrogen (secondary N) is 3. The third-order valence-electron chi connectivity index (χ3n) is 3.59. The Morgan fingerprint density at radius 2 is 1.88 bits per heavy atom. The van der Waals surface area contributed by atoms with E-state index in [-0.39, 0.29) is 17.3 Å². The summed E-state index contributed by atoms with van der Waals surface area (Å²) in [6.07, 6.45) is -0.558. The van der Waals surface area contributed by atoms with Gasteiger partial charge in [-0.1, -0.05) is 13.8 Å². The molecular formula is C15H21F3N6. The van der Waals surface area contributed by atoms with Crippen LogP contribution in [0.1, 0.15) is 44.9 Å². The number of aryl methyl sites for hydroxylation is 1. The second-order valence-corrected chi connectivity index (χ2v) is 5.67. The molecule has 6 nitrogen and oxygen atoms in total. The summed E-state index contributed by atoms with van der Waals surface area (Å²) in [4.78, 5) is 7.73. The first-order valence-electron chi connectivity index (χ1n) is 7.76. The maximum absolute atomic E-state index is 13.1. The zero-order valence-electron chi connectivity index (χ0n) is 14.0. The molecule has 24 heavy (non-hydrogen) atoms. The van der Waals surface area contributed by atoms with Crippen LogP contribution in [0.3, 0.4) is 0 Å². The molecular weight excluding hydrogens is 321 g/mol. The number of alkyl halides is 3. The van der Waals surface area contributed by atoms with Crippen LogP contribution in [0, 0.1) is 6.92 Å². The minimum absolute atomic E-state index is 0.0873. The zero-order valence-corrected chi connectivity index (χ0v) is 14.0. The molecule has 1 aliphatic rings. The molecule has 0 radical (unpaired) electrons. The van der Waals surface area contributed by atoms with Gasteiger partial charge in [0.2, 0.25) is 5.95 Å². The highest BCUT2D eigenvalue weighted by atomic mass is 19.4. The minimum Gasteiger partial charge on any atom is -0.364 e. The molecule has 2 aromatic heterocycles. The summed E-state index contributed by atoms with van der Waals surface area (Å²) in [6.45, 7) is 7.65. The highest BCUT2D eigenvalue weighted by molar-refractivity contribution is 5.58. The van der Waals surface area contributed by atoms with Crippen molar-refractivity contribution in [1.29, 1.82) is 0 Å². The third-order valence-corrected chi connectivity index (χ3v) is 3.59. The van der Waals surface area contributed by atoms with Gasteiger partial charge in [-0.15, -0.1) is 0 Å². The maximum Gasteiger partial charge on any atom is 0.421 e. The molecule has 2 aromatic rings. The molecule has 0 atom stereocenters. The van der Waals surface area contributed by atoms with Crippen LogP contribution < -0.4 is 10.6 Å². The van der Waals surface area contributed by atoms with E-state index in [1.807, 2.05) is 20.8 Å². The molecule has 1 aliphatic carbocycles. The van der Waals surface area contributed by atoms with Gasteiger partial charge >= 0.3 is 6.18 Å². The Labute approximate surface area is 138 Å². The van der Waals surface area contributed by atoms with Crippen LogP contribution >= 0.6 is 0 Å². The lowest BCUT2D eigenvalue weighted by Gasteiger charge is -2.18. The number of H-pyrrole nitrogens is 1. The van der Waals surface area contributed by atoms with Gasteiger partial charge in [-0.05, 0) is 26.7 Å². The van der Waals surface area contributed by atoms with E-state index in [0.29, 0.717) is 5.69 Å². The standard InChI is InChI=1S/C13H15F3N6.C2H6/c1-7-9(6-18-22-7)19-11-17-5-8(13(14,15)16)10(20-11)21-12(2)3-4-12;1-2/h5-6H,3-4H2,1-2H3,(H,18,22)(H2,17,19,20,21);1-2H3. The fourth-order valence-corrected chi connectivity index (χ4v) is 1.94. The van der Waals surface area contributed by atoms with Crippen molar-refractivity contribution < 1.29 is 13.2 Å². The van der Waals surface area contributed by atoms with Crippen molar-refractivity contribution in [3.63, 3.8) is 0 Å². The molecule has 0 aromatic carbocycles. The molecule has 2 heterocycles. The van der Waals surface area contributed by atoms with E-state index >= 15 is 0 Å². The number of hydrogen-bond acceptors (Lipinski definition) is 5. The number of halogens is 3. The molecule has 132 valence electrons. The van der Waals surface area contributed by atoms with E-state index in [2.05, 4.69) is 30.8 Å². The Bertz CT molecular complexity index is 691. The lowest BCUT2D eigenvalue weighted by molar-refractivity contribution is -0.137. The van der Waals surface area contributed by atoms with Crippen molar-refractivity contribution in [3.05, 3.63) is 23.7 Å². The van der Waals surface area contributed by atoms with E-state index in [9.17, 15) is 13.2 Å². The second kappa shape index (κ2) is 6.66. The van der Waals surface area contributed by atoms with Crippen LogP contribution in [-0.4, -0.2) is 25.7 Å². The fourth-order valence-electron chi connectivity index (χ4n) is 1.94. The summed E-state index contributed by atoms with van der Waals surface area (Å²) >= 11 is 0. The summed E-state index contributed by atoms with van der Waals surface area (Å²) < 4.78 is 39.2. The summed E-state index contributed by atoms with van der Waals surface area (Å²) in [5.41, 5.74) is 0.169. The first kappa shape index (κ1) is 18.0. The van der Waals surface area contributed by atoms with Crippen LogP contribution in [0.4, 0.5) is 30.6 Å². The summed E-state index contributed by atoms with van der Waals surface area (Å²) in [7, 11) is 0. The van der Waals surface area contributed by atoms with Gasteiger partial charge in [0, 0.05) is 11.7 Å². The first-order valence-corrected chi connectivity index (χ1v) is 7.76. The molecule has 0 amide bonds. The largest absolute Gasteiger partial charge is 0.421 e. The highest BCUT2D eigenvalue weighted by Gasteiger charge is 2.41. The molecule has 1 fully saturated rings. The van der Waals surface area contributed by atoms with Crippen LogP contribution in [0.5, 0.6) is 0 Å². The van der Waals surface area contributed by atoms with Crippen LogP contribution in [0.25, 0.3) is 0 Å². The molecule has 0 spiro atoms. The van der Waals surface area contributed by atoms with E-state index in [0.717, 1.165) is 24.7 Å². The topological polar surface area (TPSA) is 78.5 Å². The van der Waals surface area contributed by atoms with Gasteiger partial charge < -0.3 is 10.6 Å². The van der Waals surface area contributed by atoms with Gasteiger partial charge in [-0.2, -0.15) is 23.3 Å².